The van der Waals surface area contributed by atoms with Gasteiger partial charge in [0, 0.05) is 11.6 Å². The topological polar surface area (TPSA) is 75.9 Å². The minimum atomic E-state index is 0.319. The fraction of sp³-hybridized carbons (Fsp3) is 0.667. The zero-order valence-electron chi connectivity index (χ0n) is 11.1. The van der Waals surface area contributed by atoms with Crippen molar-refractivity contribution in [1.82, 2.24) is 9.97 Å². The number of hydrogen-bond acceptors (Lipinski definition) is 5. The van der Waals surface area contributed by atoms with E-state index in [1.807, 2.05) is 0 Å². The van der Waals surface area contributed by atoms with Crippen LogP contribution in [0.3, 0.4) is 0 Å². The summed E-state index contributed by atoms with van der Waals surface area (Å²) in [5.41, 5.74) is 3.68. The maximum Gasteiger partial charge on any atom is 0.148 e. The van der Waals surface area contributed by atoms with Crippen LogP contribution < -0.4 is 16.6 Å². The molecule has 96 valence electrons. The number of nitrogens with one attached hydrogen (secondary N) is 2. The molecule has 1 aromatic heterocycles. The van der Waals surface area contributed by atoms with Crippen LogP contribution in [0.25, 0.3) is 0 Å². The van der Waals surface area contributed by atoms with Gasteiger partial charge in [0.2, 0.25) is 0 Å². The second-order valence-corrected chi connectivity index (χ2v) is 4.44. The SMILES string of the molecule is CCC(CC)Nc1ncnc(NN)c1C(C)C. The van der Waals surface area contributed by atoms with Crippen molar-refractivity contribution in [1.29, 1.82) is 0 Å². The minimum Gasteiger partial charge on any atom is -0.367 e. The first-order chi connectivity index (χ1) is 8.13. The van der Waals surface area contributed by atoms with E-state index in [0.29, 0.717) is 17.8 Å². The van der Waals surface area contributed by atoms with E-state index in [9.17, 15) is 0 Å². The average molecular weight is 237 g/mol. The van der Waals surface area contributed by atoms with Crippen LogP contribution in [0, 0.1) is 0 Å². The molecule has 0 amide bonds. The molecule has 5 nitrogen and oxygen atoms in total. The van der Waals surface area contributed by atoms with Crippen molar-refractivity contribution in [2.75, 3.05) is 10.7 Å². The highest BCUT2D eigenvalue weighted by molar-refractivity contribution is 5.58. The minimum absolute atomic E-state index is 0.319. The van der Waals surface area contributed by atoms with E-state index in [4.69, 9.17) is 5.84 Å². The lowest BCUT2D eigenvalue weighted by Crippen LogP contribution is -2.21. The normalized spacial score (nSPS) is 11.0. The van der Waals surface area contributed by atoms with Gasteiger partial charge in [-0.05, 0) is 18.8 Å². The number of nitrogens with zero attached hydrogens (tertiary/aromatic N) is 2. The van der Waals surface area contributed by atoms with Gasteiger partial charge < -0.3 is 10.7 Å². The number of rotatable bonds is 6. The Morgan fingerprint density at radius 1 is 1.18 bits per heavy atom. The van der Waals surface area contributed by atoms with E-state index >= 15 is 0 Å². The number of hydrogen-bond donors (Lipinski definition) is 3. The fourth-order valence-electron chi connectivity index (χ4n) is 1.86. The summed E-state index contributed by atoms with van der Waals surface area (Å²) in [5.74, 6) is 7.39. The Kier molecular flexibility index (Phi) is 5.15. The van der Waals surface area contributed by atoms with E-state index in [-0.39, 0.29) is 0 Å². The summed E-state index contributed by atoms with van der Waals surface area (Å²) in [7, 11) is 0. The first kappa shape index (κ1) is 13.7. The Labute approximate surface area is 103 Å². The first-order valence-electron chi connectivity index (χ1n) is 6.22. The molecule has 0 radical (unpaired) electrons. The van der Waals surface area contributed by atoms with Crippen LogP contribution in [0.15, 0.2) is 6.33 Å². The average Bonchev–Trinajstić information content (AvgIpc) is 2.34. The number of nitrogens with two attached hydrogens (primary N) is 1. The molecule has 0 aliphatic rings. The lowest BCUT2D eigenvalue weighted by molar-refractivity contribution is 0.664. The Balaban J connectivity index is 3.05. The third kappa shape index (κ3) is 3.30. The summed E-state index contributed by atoms with van der Waals surface area (Å²) in [4.78, 5) is 8.48. The molecule has 0 atom stereocenters. The summed E-state index contributed by atoms with van der Waals surface area (Å²) in [6, 6.07) is 0.438. The molecule has 0 fully saturated rings. The summed E-state index contributed by atoms with van der Waals surface area (Å²) in [6.45, 7) is 8.55. The monoisotopic (exact) mass is 237 g/mol. The van der Waals surface area contributed by atoms with Crippen LogP contribution >= 0.6 is 0 Å². The Morgan fingerprint density at radius 2 is 1.76 bits per heavy atom. The maximum absolute atomic E-state index is 5.49. The van der Waals surface area contributed by atoms with Crippen molar-refractivity contribution in [3.05, 3.63) is 11.9 Å². The van der Waals surface area contributed by atoms with Crippen molar-refractivity contribution in [2.45, 2.75) is 52.5 Å². The lowest BCUT2D eigenvalue weighted by Gasteiger charge is -2.20. The van der Waals surface area contributed by atoms with Crippen LogP contribution in [-0.4, -0.2) is 16.0 Å². The molecule has 17 heavy (non-hydrogen) atoms. The molecule has 4 N–H and O–H groups in total. The highest BCUT2D eigenvalue weighted by Crippen LogP contribution is 2.28. The molecule has 0 saturated carbocycles. The molecule has 0 aliphatic heterocycles. The van der Waals surface area contributed by atoms with Crippen molar-refractivity contribution >= 4 is 11.6 Å². The summed E-state index contributed by atoms with van der Waals surface area (Å²) in [5, 5.41) is 3.46. The highest BCUT2D eigenvalue weighted by Gasteiger charge is 2.16. The van der Waals surface area contributed by atoms with Gasteiger partial charge >= 0.3 is 0 Å². The largest absolute Gasteiger partial charge is 0.367 e. The van der Waals surface area contributed by atoms with E-state index < -0.39 is 0 Å². The van der Waals surface area contributed by atoms with Gasteiger partial charge in [-0.3, -0.25) is 0 Å². The second kappa shape index (κ2) is 6.39. The molecular formula is C12H23N5. The molecule has 0 spiro atoms. The van der Waals surface area contributed by atoms with Crippen molar-refractivity contribution < 1.29 is 0 Å². The van der Waals surface area contributed by atoms with Gasteiger partial charge in [-0.25, -0.2) is 15.8 Å². The molecule has 0 bridgehead atoms. The Morgan fingerprint density at radius 3 is 2.24 bits per heavy atom. The summed E-state index contributed by atoms with van der Waals surface area (Å²) in [6.07, 6.45) is 3.68. The number of aromatic nitrogens is 2. The van der Waals surface area contributed by atoms with Gasteiger partial charge in [-0.15, -0.1) is 0 Å². The molecule has 1 rings (SSSR count). The molecule has 0 aromatic carbocycles. The van der Waals surface area contributed by atoms with Crippen LogP contribution in [-0.2, 0) is 0 Å². The zero-order chi connectivity index (χ0) is 12.8. The van der Waals surface area contributed by atoms with Crippen LogP contribution in [0.4, 0.5) is 11.6 Å². The molecule has 1 aromatic rings. The number of nitrogen functional groups attached to an aromatic ring is 1. The third-order valence-electron chi connectivity index (χ3n) is 2.92. The molecule has 0 unspecified atom stereocenters. The van der Waals surface area contributed by atoms with Crippen molar-refractivity contribution in [3.8, 4) is 0 Å². The third-order valence-corrected chi connectivity index (χ3v) is 2.92. The van der Waals surface area contributed by atoms with Gasteiger partial charge in [0.25, 0.3) is 0 Å². The van der Waals surface area contributed by atoms with Gasteiger partial charge in [0.15, 0.2) is 0 Å². The second-order valence-electron chi connectivity index (χ2n) is 4.44. The molecule has 0 saturated heterocycles. The molecule has 1 heterocycles. The molecule has 5 heteroatoms. The van der Waals surface area contributed by atoms with Crippen molar-refractivity contribution in [3.63, 3.8) is 0 Å². The summed E-state index contributed by atoms with van der Waals surface area (Å²) >= 11 is 0. The molecular weight excluding hydrogens is 214 g/mol. The van der Waals surface area contributed by atoms with Gasteiger partial charge in [0.05, 0.1) is 0 Å². The maximum atomic E-state index is 5.49. The van der Waals surface area contributed by atoms with E-state index in [1.165, 1.54) is 6.33 Å². The number of hydrazine groups is 1. The van der Waals surface area contributed by atoms with Crippen LogP contribution in [0.1, 0.15) is 52.0 Å². The highest BCUT2D eigenvalue weighted by atomic mass is 15.3. The quantitative estimate of drug-likeness (QED) is 0.523. The van der Waals surface area contributed by atoms with Crippen LogP contribution in [0.5, 0.6) is 0 Å². The lowest BCUT2D eigenvalue weighted by atomic mass is 10.0. The van der Waals surface area contributed by atoms with E-state index in [1.54, 1.807) is 0 Å². The Bertz CT molecular complexity index is 347. The van der Waals surface area contributed by atoms with E-state index in [2.05, 4.69) is 48.4 Å². The van der Waals surface area contributed by atoms with Crippen molar-refractivity contribution in [2.24, 2.45) is 5.84 Å². The van der Waals surface area contributed by atoms with Gasteiger partial charge in [-0.2, -0.15) is 0 Å². The fourth-order valence-corrected chi connectivity index (χ4v) is 1.86. The van der Waals surface area contributed by atoms with Crippen LogP contribution in [0.2, 0.25) is 0 Å². The standard InChI is InChI=1S/C12H23N5/c1-5-9(6-2)16-11-10(8(3)4)12(17-13)15-7-14-11/h7-9H,5-6,13H2,1-4H3,(H2,14,15,16,17). The predicted octanol–water partition coefficient (Wildman–Crippen LogP) is 2.49. The Hall–Kier alpha value is -1.36. The molecule has 0 aliphatic carbocycles. The smallest absolute Gasteiger partial charge is 0.148 e. The first-order valence-corrected chi connectivity index (χ1v) is 6.22. The van der Waals surface area contributed by atoms with Gasteiger partial charge in [0.1, 0.15) is 18.0 Å². The van der Waals surface area contributed by atoms with E-state index in [0.717, 1.165) is 24.2 Å². The zero-order valence-corrected chi connectivity index (χ0v) is 11.1. The number of anilines is 2. The summed E-state index contributed by atoms with van der Waals surface area (Å²) < 4.78 is 0. The predicted molar refractivity (Wildman–Crippen MR) is 71.9 cm³/mol. The van der Waals surface area contributed by atoms with Gasteiger partial charge in [-0.1, -0.05) is 27.7 Å².